The second-order valence-electron chi connectivity index (χ2n) is 4.65. The van der Waals surface area contributed by atoms with Crippen molar-refractivity contribution in [3.05, 3.63) is 54.0 Å². The molecule has 4 heteroatoms. The van der Waals surface area contributed by atoms with E-state index in [0.29, 0.717) is 0 Å². The zero-order chi connectivity index (χ0) is 13.2. The van der Waals surface area contributed by atoms with Crippen LogP contribution < -0.4 is 5.32 Å². The first-order valence-electron chi connectivity index (χ1n) is 6.30. The largest absolute Gasteiger partial charge is 0.381 e. The Bertz CT molecular complexity index is 701. The molecule has 1 N–H and O–H groups in total. The van der Waals surface area contributed by atoms with E-state index in [2.05, 4.69) is 33.6 Å². The number of aromatic nitrogens is 3. The fourth-order valence-corrected chi connectivity index (χ4v) is 2.25. The van der Waals surface area contributed by atoms with Crippen molar-refractivity contribution in [3.63, 3.8) is 0 Å². The number of anilines is 1. The van der Waals surface area contributed by atoms with Gasteiger partial charge in [0, 0.05) is 37.1 Å². The van der Waals surface area contributed by atoms with Gasteiger partial charge in [0.25, 0.3) is 0 Å². The normalized spacial score (nSPS) is 10.8. The van der Waals surface area contributed by atoms with Crippen LogP contribution in [0.4, 0.5) is 5.69 Å². The summed E-state index contributed by atoms with van der Waals surface area (Å²) in [5, 5.41) is 9.06. The van der Waals surface area contributed by atoms with Crippen molar-refractivity contribution in [2.45, 2.75) is 13.5 Å². The molecule has 19 heavy (non-hydrogen) atoms. The molecule has 0 radical (unpaired) electrons. The molecule has 0 aliphatic heterocycles. The molecule has 2 heterocycles. The molecule has 4 nitrogen and oxygen atoms in total. The smallest absolute Gasteiger partial charge is 0.0702 e. The predicted octanol–water partition coefficient (Wildman–Crippen LogP) is 2.89. The third-order valence-corrected chi connectivity index (χ3v) is 3.28. The molecular formula is C15H16N4. The summed E-state index contributed by atoms with van der Waals surface area (Å²) >= 11 is 0. The molecule has 0 aliphatic rings. The van der Waals surface area contributed by atoms with Crippen molar-refractivity contribution < 1.29 is 0 Å². The van der Waals surface area contributed by atoms with Gasteiger partial charge in [-0.2, -0.15) is 5.10 Å². The van der Waals surface area contributed by atoms with Gasteiger partial charge in [-0.15, -0.1) is 0 Å². The van der Waals surface area contributed by atoms with Crippen molar-refractivity contribution in [1.82, 2.24) is 14.8 Å². The van der Waals surface area contributed by atoms with E-state index in [4.69, 9.17) is 0 Å². The van der Waals surface area contributed by atoms with Gasteiger partial charge in [0.2, 0.25) is 0 Å². The van der Waals surface area contributed by atoms with E-state index < -0.39 is 0 Å². The maximum Gasteiger partial charge on any atom is 0.0702 e. The van der Waals surface area contributed by atoms with Gasteiger partial charge in [0.05, 0.1) is 11.2 Å². The van der Waals surface area contributed by atoms with Crippen LogP contribution in [0.2, 0.25) is 0 Å². The highest BCUT2D eigenvalue weighted by molar-refractivity contribution is 5.85. The first kappa shape index (κ1) is 11.7. The lowest BCUT2D eigenvalue weighted by atomic mass is 10.2. The van der Waals surface area contributed by atoms with E-state index in [0.717, 1.165) is 23.4 Å². The third kappa shape index (κ3) is 2.29. The molecule has 0 atom stereocenters. The summed E-state index contributed by atoms with van der Waals surface area (Å²) in [7, 11) is 1.97. The molecule has 2 aromatic heterocycles. The van der Waals surface area contributed by atoms with Gasteiger partial charge >= 0.3 is 0 Å². The molecule has 0 spiro atoms. The first-order valence-corrected chi connectivity index (χ1v) is 6.30. The molecular weight excluding hydrogens is 236 g/mol. The molecule has 0 saturated carbocycles. The number of hydrogen-bond donors (Lipinski definition) is 1. The fraction of sp³-hybridized carbons (Fsp3) is 0.200. The number of pyridine rings is 1. The SMILES string of the molecule is Cc1nn(C)c2cc(NCc3ccncc3)ccc12. The van der Waals surface area contributed by atoms with Crippen LogP contribution in [0.25, 0.3) is 10.9 Å². The monoisotopic (exact) mass is 252 g/mol. The zero-order valence-corrected chi connectivity index (χ0v) is 11.1. The summed E-state index contributed by atoms with van der Waals surface area (Å²) in [6.45, 7) is 2.83. The Morgan fingerprint density at radius 2 is 1.95 bits per heavy atom. The summed E-state index contributed by atoms with van der Waals surface area (Å²) < 4.78 is 1.92. The average Bonchev–Trinajstić information content (AvgIpc) is 2.73. The molecule has 0 bridgehead atoms. The van der Waals surface area contributed by atoms with Crippen molar-refractivity contribution in [2.75, 3.05) is 5.32 Å². The van der Waals surface area contributed by atoms with Crippen molar-refractivity contribution in [3.8, 4) is 0 Å². The number of aryl methyl sites for hydroxylation is 2. The predicted molar refractivity (Wildman–Crippen MR) is 77.0 cm³/mol. The van der Waals surface area contributed by atoms with E-state index in [1.54, 1.807) is 0 Å². The Balaban J connectivity index is 1.84. The summed E-state index contributed by atoms with van der Waals surface area (Å²) in [4.78, 5) is 4.02. The van der Waals surface area contributed by atoms with Crippen molar-refractivity contribution in [2.24, 2.45) is 7.05 Å². The second kappa shape index (κ2) is 4.72. The van der Waals surface area contributed by atoms with Crippen LogP contribution in [0.3, 0.4) is 0 Å². The van der Waals surface area contributed by atoms with Gasteiger partial charge in [-0.3, -0.25) is 9.67 Å². The Hall–Kier alpha value is -2.36. The number of hydrogen-bond acceptors (Lipinski definition) is 3. The highest BCUT2D eigenvalue weighted by atomic mass is 15.3. The van der Waals surface area contributed by atoms with Crippen LogP contribution in [-0.4, -0.2) is 14.8 Å². The minimum Gasteiger partial charge on any atom is -0.381 e. The lowest BCUT2D eigenvalue weighted by molar-refractivity contribution is 0.783. The van der Waals surface area contributed by atoms with Crippen LogP contribution in [0.1, 0.15) is 11.3 Å². The minimum absolute atomic E-state index is 0.796. The number of nitrogens with zero attached hydrogens (tertiary/aromatic N) is 3. The molecule has 0 amide bonds. The molecule has 0 aliphatic carbocycles. The van der Waals surface area contributed by atoms with Crippen LogP contribution in [0.5, 0.6) is 0 Å². The molecule has 3 rings (SSSR count). The first-order chi connectivity index (χ1) is 9.24. The third-order valence-electron chi connectivity index (χ3n) is 3.28. The number of rotatable bonds is 3. The van der Waals surface area contributed by atoms with E-state index in [1.807, 2.05) is 43.2 Å². The molecule has 0 saturated heterocycles. The highest BCUT2D eigenvalue weighted by Crippen LogP contribution is 2.21. The van der Waals surface area contributed by atoms with E-state index >= 15 is 0 Å². The van der Waals surface area contributed by atoms with Crippen LogP contribution in [0.15, 0.2) is 42.7 Å². The number of nitrogens with one attached hydrogen (secondary N) is 1. The summed E-state index contributed by atoms with van der Waals surface area (Å²) in [6.07, 6.45) is 3.62. The minimum atomic E-state index is 0.796. The molecule has 96 valence electrons. The Labute approximate surface area is 112 Å². The summed E-state index contributed by atoms with van der Waals surface area (Å²) in [5.74, 6) is 0. The van der Waals surface area contributed by atoms with Crippen LogP contribution in [-0.2, 0) is 13.6 Å². The Kier molecular flexibility index (Phi) is 2.91. The quantitative estimate of drug-likeness (QED) is 0.779. The number of benzene rings is 1. The van der Waals surface area contributed by atoms with Gasteiger partial charge in [-0.05, 0) is 42.8 Å². The molecule has 0 fully saturated rings. The standard InChI is InChI=1S/C15H16N4/c1-11-14-4-3-13(9-15(14)19(2)18-11)17-10-12-5-7-16-8-6-12/h3-9,17H,10H2,1-2H3. The number of fused-ring (bicyclic) bond motifs is 1. The van der Waals surface area contributed by atoms with Gasteiger partial charge in [0.15, 0.2) is 0 Å². The van der Waals surface area contributed by atoms with Crippen molar-refractivity contribution in [1.29, 1.82) is 0 Å². The maximum absolute atomic E-state index is 4.43. The van der Waals surface area contributed by atoms with Crippen LogP contribution >= 0.6 is 0 Å². The van der Waals surface area contributed by atoms with Gasteiger partial charge in [0.1, 0.15) is 0 Å². The lowest BCUT2D eigenvalue weighted by Gasteiger charge is -2.06. The Morgan fingerprint density at radius 1 is 1.16 bits per heavy atom. The van der Waals surface area contributed by atoms with Crippen molar-refractivity contribution >= 4 is 16.6 Å². The van der Waals surface area contributed by atoms with Gasteiger partial charge in [-0.25, -0.2) is 0 Å². The summed E-state index contributed by atoms with van der Waals surface area (Å²) in [5.41, 5.74) is 4.54. The van der Waals surface area contributed by atoms with Gasteiger partial charge < -0.3 is 5.32 Å². The van der Waals surface area contributed by atoms with E-state index in [9.17, 15) is 0 Å². The van der Waals surface area contributed by atoms with Crippen LogP contribution in [0, 0.1) is 6.92 Å². The Morgan fingerprint density at radius 3 is 2.74 bits per heavy atom. The van der Waals surface area contributed by atoms with Gasteiger partial charge in [-0.1, -0.05) is 0 Å². The zero-order valence-electron chi connectivity index (χ0n) is 11.1. The highest BCUT2D eigenvalue weighted by Gasteiger charge is 2.05. The molecule has 1 aromatic carbocycles. The second-order valence-corrected chi connectivity index (χ2v) is 4.65. The average molecular weight is 252 g/mol. The maximum atomic E-state index is 4.43. The molecule has 3 aromatic rings. The molecule has 0 unspecified atom stereocenters. The topological polar surface area (TPSA) is 42.7 Å². The van der Waals surface area contributed by atoms with E-state index in [1.165, 1.54) is 10.9 Å². The summed E-state index contributed by atoms with van der Waals surface area (Å²) in [6, 6.07) is 10.4. The van der Waals surface area contributed by atoms with E-state index in [-0.39, 0.29) is 0 Å². The fourth-order valence-electron chi connectivity index (χ4n) is 2.25. The lowest BCUT2D eigenvalue weighted by Crippen LogP contribution is -1.99.